The molecule has 0 spiro atoms. The first-order chi connectivity index (χ1) is 3.79. The maximum atomic E-state index is 10.6. The minimum absolute atomic E-state index is 0.424. The van der Waals surface area contributed by atoms with Gasteiger partial charge >= 0.3 is 0 Å². The molecule has 0 aromatic heterocycles. The van der Waals surface area contributed by atoms with E-state index in [1.807, 2.05) is 0 Å². The maximum absolute atomic E-state index is 10.6. The summed E-state index contributed by atoms with van der Waals surface area (Å²) in [5.74, 6) is 1.18. The van der Waals surface area contributed by atoms with Crippen molar-refractivity contribution in [1.29, 1.82) is 0 Å². The van der Waals surface area contributed by atoms with Gasteiger partial charge in [-0.25, -0.2) is 0 Å². The van der Waals surface area contributed by atoms with Crippen LogP contribution in [0.15, 0.2) is 0 Å². The van der Waals surface area contributed by atoms with Gasteiger partial charge in [0, 0.05) is 11.7 Å². The van der Waals surface area contributed by atoms with Crippen LogP contribution in [0.5, 0.6) is 0 Å². The summed E-state index contributed by atoms with van der Waals surface area (Å²) < 4.78 is 0. The molecule has 0 aromatic carbocycles. The third-order valence-electron chi connectivity index (χ3n) is 1.36. The summed E-state index contributed by atoms with van der Waals surface area (Å²) in [4.78, 5) is 10.6. The molecule has 0 amide bonds. The molecule has 0 N–H and O–H groups in total. The van der Waals surface area contributed by atoms with Gasteiger partial charge in [0.25, 0.3) is 0 Å². The summed E-state index contributed by atoms with van der Waals surface area (Å²) in [6, 6.07) is 0. The Kier molecular flexibility index (Phi) is 1.95. The van der Waals surface area contributed by atoms with Gasteiger partial charge in [-0.15, -0.1) is 0 Å². The number of Topliss-reactive ketones (excluding diaryl/α,β-unsaturated/α-hetero) is 1. The van der Waals surface area contributed by atoms with Gasteiger partial charge < -0.3 is 0 Å². The summed E-state index contributed by atoms with van der Waals surface area (Å²) >= 11 is 1.78. The van der Waals surface area contributed by atoms with Crippen LogP contribution in [0, 0.1) is 0 Å². The van der Waals surface area contributed by atoms with Gasteiger partial charge in [0.05, 0.1) is 5.75 Å². The Hall–Kier alpha value is 0.0200. The van der Waals surface area contributed by atoms with E-state index in [0.717, 1.165) is 18.6 Å². The van der Waals surface area contributed by atoms with Crippen LogP contribution in [0.1, 0.15) is 19.8 Å². The van der Waals surface area contributed by atoms with Crippen LogP contribution in [0.2, 0.25) is 0 Å². The standard InChI is InChI=1S/C6H10OS/c1-5-2-3-6(7)4-8-5/h5H,2-4H2,1H3/t5-/m1/s1. The maximum Gasteiger partial charge on any atom is 0.142 e. The largest absolute Gasteiger partial charge is 0.299 e. The average molecular weight is 130 g/mol. The highest BCUT2D eigenvalue weighted by molar-refractivity contribution is 8.00. The highest BCUT2D eigenvalue weighted by Gasteiger charge is 2.13. The van der Waals surface area contributed by atoms with Crippen molar-refractivity contribution in [3.63, 3.8) is 0 Å². The molecular weight excluding hydrogens is 120 g/mol. The second kappa shape index (κ2) is 2.53. The van der Waals surface area contributed by atoms with Crippen LogP contribution in [-0.2, 0) is 4.79 Å². The zero-order chi connectivity index (χ0) is 5.98. The van der Waals surface area contributed by atoms with Gasteiger partial charge in [-0.3, -0.25) is 4.79 Å². The molecule has 8 heavy (non-hydrogen) atoms. The number of carbonyl (C=O) groups excluding carboxylic acids is 1. The molecule has 1 aliphatic heterocycles. The van der Waals surface area contributed by atoms with Gasteiger partial charge in [0.2, 0.25) is 0 Å². The average Bonchev–Trinajstić information content (AvgIpc) is 1.77. The Labute approximate surface area is 53.8 Å². The summed E-state index contributed by atoms with van der Waals surface area (Å²) in [6.07, 6.45) is 1.90. The van der Waals surface area contributed by atoms with E-state index in [9.17, 15) is 4.79 Å². The topological polar surface area (TPSA) is 17.1 Å². The first kappa shape index (κ1) is 6.14. The summed E-state index contributed by atoms with van der Waals surface area (Å²) in [7, 11) is 0. The Morgan fingerprint density at radius 2 is 2.50 bits per heavy atom. The number of ketones is 1. The molecule has 1 atom stereocenters. The number of rotatable bonds is 0. The lowest BCUT2D eigenvalue weighted by molar-refractivity contribution is -0.116. The van der Waals surface area contributed by atoms with Crippen molar-refractivity contribution in [3.8, 4) is 0 Å². The van der Waals surface area contributed by atoms with Crippen LogP contribution < -0.4 is 0 Å². The van der Waals surface area contributed by atoms with E-state index in [1.165, 1.54) is 0 Å². The first-order valence-electron chi connectivity index (χ1n) is 2.92. The quantitative estimate of drug-likeness (QED) is 0.494. The van der Waals surface area contributed by atoms with E-state index in [4.69, 9.17) is 0 Å². The van der Waals surface area contributed by atoms with Crippen molar-refractivity contribution in [1.82, 2.24) is 0 Å². The van der Waals surface area contributed by atoms with Gasteiger partial charge in [-0.1, -0.05) is 6.92 Å². The fourth-order valence-electron chi connectivity index (χ4n) is 0.755. The normalized spacial score (nSPS) is 30.6. The molecule has 1 saturated heterocycles. The molecule has 0 radical (unpaired) electrons. The Bertz CT molecular complexity index is 90.7. The van der Waals surface area contributed by atoms with Crippen molar-refractivity contribution in [2.24, 2.45) is 0 Å². The van der Waals surface area contributed by atoms with Crippen LogP contribution >= 0.6 is 11.8 Å². The summed E-state index contributed by atoms with van der Waals surface area (Å²) in [6.45, 7) is 2.18. The lowest BCUT2D eigenvalue weighted by atomic mass is 10.2. The van der Waals surface area contributed by atoms with Crippen molar-refractivity contribution >= 4 is 17.5 Å². The molecule has 0 aliphatic carbocycles. The van der Waals surface area contributed by atoms with Crippen LogP contribution in [0.3, 0.4) is 0 Å². The Balaban J connectivity index is 2.29. The number of carbonyl (C=O) groups is 1. The summed E-state index contributed by atoms with van der Waals surface area (Å²) in [5.41, 5.74) is 0. The van der Waals surface area contributed by atoms with Gasteiger partial charge in [-0.2, -0.15) is 11.8 Å². The molecule has 46 valence electrons. The van der Waals surface area contributed by atoms with E-state index in [1.54, 1.807) is 11.8 Å². The van der Waals surface area contributed by atoms with Crippen molar-refractivity contribution < 1.29 is 4.79 Å². The van der Waals surface area contributed by atoms with Crippen LogP contribution in [0.4, 0.5) is 0 Å². The third-order valence-corrected chi connectivity index (χ3v) is 2.65. The lowest BCUT2D eigenvalue weighted by Crippen LogP contribution is -2.14. The predicted octanol–water partition coefficient (Wildman–Crippen LogP) is 1.47. The monoisotopic (exact) mass is 130 g/mol. The number of hydrogen-bond acceptors (Lipinski definition) is 2. The molecular formula is C6H10OS. The summed E-state index contributed by atoms with van der Waals surface area (Å²) in [5, 5.41) is 0.715. The van der Waals surface area contributed by atoms with Gasteiger partial charge in [-0.05, 0) is 6.42 Å². The van der Waals surface area contributed by atoms with E-state index in [2.05, 4.69) is 6.92 Å². The van der Waals surface area contributed by atoms with Crippen molar-refractivity contribution in [2.45, 2.75) is 25.0 Å². The van der Waals surface area contributed by atoms with E-state index in [-0.39, 0.29) is 0 Å². The zero-order valence-electron chi connectivity index (χ0n) is 5.02. The Morgan fingerprint density at radius 1 is 1.75 bits per heavy atom. The van der Waals surface area contributed by atoms with E-state index >= 15 is 0 Å². The van der Waals surface area contributed by atoms with Crippen molar-refractivity contribution in [2.75, 3.05) is 5.75 Å². The molecule has 1 fully saturated rings. The van der Waals surface area contributed by atoms with E-state index in [0.29, 0.717) is 11.0 Å². The minimum Gasteiger partial charge on any atom is -0.299 e. The molecule has 1 nitrogen and oxygen atoms in total. The van der Waals surface area contributed by atoms with Crippen molar-refractivity contribution in [3.05, 3.63) is 0 Å². The minimum atomic E-state index is 0.424. The molecule has 0 bridgehead atoms. The molecule has 1 rings (SSSR count). The highest BCUT2D eigenvalue weighted by atomic mass is 32.2. The fourth-order valence-corrected chi connectivity index (χ4v) is 1.65. The lowest BCUT2D eigenvalue weighted by Gasteiger charge is -2.14. The fraction of sp³-hybridized carbons (Fsp3) is 0.833. The van der Waals surface area contributed by atoms with Gasteiger partial charge in [0.1, 0.15) is 5.78 Å². The SMILES string of the molecule is C[C@@H]1CCC(=O)CS1. The third kappa shape index (κ3) is 1.51. The smallest absolute Gasteiger partial charge is 0.142 e. The molecule has 1 heterocycles. The Morgan fingerprint density at radius 3 is 2.88 bits per heavy atom. The van der Waals surface area contributed by atoms with Crippen LogP contribution in [-0.4, -0.2) is 16.8 Å². The first-order valence-corrected chi connectivity index (χ1v) is 3.97. The molecule has 1 aliphatic rings. The second-order valence-corrected chi connectivity index (χ2v) is 3.63. The number of thioether (sulfide) groups is 1. The second-order valence-electron chi connectivity index (χ2n) is 2.20. The predicted molar refractivity (Wildman–Crippen MR) is 36.2 cm³/mol. The molecule has 0 unspecified atom stereocenters. The zero-order valence-corrected chi connectivity index (χ0v) is 5.83. The number of hydrogen-bond donors (Lipinski definition) is 0. The van der Waals surface area contributed by atoms with E-state index < -0.39 is 0 Å². The molecule has 2 heteroatoms. The van der Waals surface area contributed by atoms with Crippen LogP contribution in [0.25, 0.3) is 0 Å². The molecule has 0 saturated carbocycles. The molecule has 0 aromatic rings. The van der Waals surface area contributed by atoms with Gasteiger partial charge in [0.15, 0.2) is 0 Å². The highest BCUT2D eigenvalue weighted by Crippen LogP contribution is 2.21.